The maximum atomic E-state index is 12.3. The first kappa shape index (κ1) is 16.9. The highest BCUT2D eigenvalue weighted by atomic mass is 35.5. The predicted molar refractivity (Wildman–Crippen MR) is 98.2 cm³/mol. The van der Waals surface area contributed by atoms with E-state index >= 15 is 0 Å². The molecule has 0 bridgehead atoms. The fourth-order valence-electron chi connectivity index (χ4n) is 2.28. The summed E-state index contributed by atoms with van der Waals surface area (Å²) in [6.07, 6.45) is 0. The monoisotopic (exact) mass is 353 g/mol. The molecule has 0 unspecified atom stereocenters. The molecule has 0 atom stereocenters. The van der Waals surface area contributed by atoms with Gasteiger partial charge in [-0.1, -0.05) is 41.4 Å². The molecule has 1 heterocycles. The van der Waals surface area contributed by atoms with Gasteiger partial charge in [-0.05, 0) is 42.8 Å². The molecule has 2 aromatic carbocycles. The Labute approximate surface area is 149 Å². The third-order valence-corrected chi connectivity index (χ3v) is 3.91. The van der Waals surface area contributed by atoms with E-state index in [0.717, 1.165) is 11.1 Å². The van der Waals surface area contributed by atoms with Crippen LogP contribution in [0.3, 0.4) is 0 Å². The summed E-state index contributed by atoms with van der Waals surface area (Å²) in [7, 11) is 0. The quantitative estimate of drug-likeness (QED) is 0.780. The van der Waals surface area contributed by atoms with Gasteiger partial charge in [-0.25, -0.2) is 4.68 Å². The number of benzene rings is 2. The Morgan fingerprint density at radius 3 is 2.40 bits per heavy atom. The number of hydrogen-bond donors (Lipinski definition) is 1. The lowest BCUT2D eigenvalue weighted by Crippen LogP contribution is -2.26. The minimum atomic E-state index is -0.389. The van der Waals surface area contributed by atoms with E-state index in [-0.39, 0.29) is 17.2 Å². The molecule has 0 saturated heterocycles. The summed E-state index contributed by atoms with van der Waals surface area (Å²) in [4.78, 5) is 24.4. The van der Waals surface area contributed by atoms with Gasteiger partial charge in [0.1, 0.15) is 5.69 Å². The Hall–Kier alpha value is -2.92. The Bertz CT molecular complexity index is 948. The van der Waals surface area contributed by atoms with Crippen LogP contribution in [0.2, 0.25) is 5.02 Å². The van der Waals surface area contributed by atoms with E-state index in [1.807, 2.05) is 31.2 Å². The Morgan fingerprint density at radius 1 is 1.04 bits per heavy atom. The zero-order valence-electron chi connectivity index (χ0n) is 13.6. The van der Waals surface area contributed by atoms with Crippen molar-refractivity contribution in [1.82, 2.24) is 9.78 Å². The number of nitrogens with zero attached hydrogens (tertiary/aromatic N) is 2. The van der Waals surface area contributed by atoms with Crippen molar-refractivity contribution in [3.05, 3.63) is 92.9 Å². The van der Waals surface area contributed by atoms with E-state index in [1.165, 1.54) is 16.8 Å². The molecule has 6 heteroatoms. The minimum Gasteiger partial charge on any atom is -0.321 e. The van der Waals surface area contributed by atoms with Crippen molar-refractivity contribution < 1.29 is 4.79 Å². The Morgan fingerprint density at radius 2 is 1.72 bits per heavy atom. The molecule has 1 N–H and O–H groups in total. The summed E-state index contributed by atoms with van der Waals surface area (Å²) in [6.45, 7) is 2.30. The first-order valence-corrected chi connectivity index (χ1v) is 8.10. The van der Waals surface area contributed by atoms with Crippen molar-refractivity contribution >= 4 is 23.2 Å². The third kappa shape index (κ3) is 4.33. The zero-order chi connectivity index (χ0) is 17.8. The second kappa shape index (κ2) is 7.32. The highest BCUT2D eigenvalue weighted by molar-refractivity contribution is 6.30. The molecule has 25 heavy (non-hydrogen) atoms. The largest absolute Gasteiger partial charge is 0.321 e. The highest BCUT2D eigenvalue weighted by Gasteiger charge is 2.10. The van der Waals surface area contributed by atoms with Gasteiger partial charge in [0.05, 0.1) is 6.54 Å². The topological polar surface area (TPSA) is 64.0 Å². The molecule has 0 aliphatic heterocycles. The van der Waals surface area contributed by atoms with E-state index < -0.39 is 0 Å². The molecule has 3 aromatic rings. The second-order valence-electron chi connectivity index (χ2n) is 5.66. The normalized spacial score (nSPS) is 10.5. The van der Waals surface area contributed by atoms with E-state index in [2.05, 4.69) is 10.4 Å². The number of carbonyl (C=O) groups excluding carboxylic acids is 1. The molecule has 1 amide bonds. The summed E-state index contributed by atoms with van der Waals surface area (Å²) in [5, 5.41) is 7.48. The third-order valence-electron chi connectivity index (χ3n) is 3.65. The van der Waals surface area contributed by atoms with Gasteiger partial charge in [-0.3, -0.25) is 9.59 Å². The van der Waals surface area contributed by atoms with Crippen LogP contribution in [0.15, 0.2) is 65.5 Å². The molecular weight excluding hydrogens is 338 g/mol. The van der Waals surface area contributed by atoms with Crippen LogP contribution in [0.4, 0.5) is 5.69 Å². The Kier molecular flexibility index (Phi) is 4.95. The van der Waals surface area contributed by atoms with Gasteiger partial charge in [0.25, 0.3) is 11.5 Å². The van der Waals surface area contributed by atoms with Gasteiger partial charge in [-0.15, -0.1) is 0 Å². The number of aryl methyl sites for hydroxylation is 1. The second-order valence-corrected chi connectivity index (χ2v) is 6.10. The number of carbonyl (C=O) groups is 1. The number of nitrogens with one attached hydrogen (secondary N) is 1. The van der Waals surface area contributed by atoms with Crippen molar-refractivity contribution in [1.29, 1.82) is 0 Å². The van der Waals surface area contributed by atoms with Crippen LogP contribution in [-0.4, -0.2) is 15.7 Å². The molecule has 0 radical (unpaired) electrons. The maximum Gasteiger partial charge on any atom is 0.276 e. The molecule has 5 nitrogen and oxygen atoms in total. The summed E-state index contributed by atoms with van der Waals surface area (Å²) >= 11 is 5.83. The predicted octanol–water partition coefficient (Wildman–Crippen LogP) is 3.51. The first-order valence-electron chi connectivity index (χ1n) is 7.72. The maximum absolute atomic E-state index is 12.3. The number of hydrogen-bond acceptors (Lipinski definition) is 3. The van der Waals surface area contributed by atoms with Gasteiger partial charge >= 0.3 is 0 Å². The highest BCUT2D eigenvalue weighted by Crippen LogP contribution is 2.14. The number of amides is 1. The van der Waals surface area contributed by atoms with Crippen LogP contribution in [0.1, 0.15) is 21.6 Å². The molecule has 0 saturated carbocycles. The van der Waals surface area contributed by atoms with Crippen molar-refractivity contribution in [2.24, 2.45) is 0 Å². The van der Waals surface area contributed by atoms with E-state index in [9.17, 15) is 9.59 Å². The number of halogens is 1. The molecule has 0 spiro atoms. The van der Waals surface area contributed by atoms with Crippen molar-refractivity contribution in [3.8, 4) is 0 Å². The van der Waals surface area contributed by atoms with Crippen LogP contribution in [0.25, 0.3) is 0 Å². The van der Waals surface area contributed by atoms with Gasteiger partial charge in [0.15, 0.2) is 0 Å². The lowest BCUT2D eigenvalue weighted by atomic mass is 10.1. The van der Waals surface area contributed by atoms with Crippen molar-refractivity contribution in [3.63, 3.8) is 0 Å². The SMILES string of the molecule is Cc1ccc(Cn2nc(C(=O)Nc3ccc(Cl)cc3)ccc2=O)cc1. The number of anilines is 1. The fraction of sp³-hybridized carbons (Fsp3) is 0.105. The number of rotatable bonds is 4. The summed E-state index contributed by atoms with van der Waals surface area (Å²) in [5.74, 6) is -0.389. The van der Waals surface area contributed by atoms with Gasteiger partial charge < -0.3 is 5.32 Å². The van der Waals surface area contributed by atoms with Gasteiger partial charge in [0, 0.05) is 16.8 Å². The van der Waals surface area contributed by atoms with Crippen LogP contribution in [0, 0.1) is 6.92 Å². The van der Waals surface area contributed by atoms with E-state index in [4.69, 9.17) is 11.6 Å². The molecule has 0 aliphatic carbocycles. The summed E-state index contributed by atoms with van der Waals surface area (Å²) < 4.78 is 1.28. The molecule has 3 rings (SSSR count). The van der Waals surface area contributed by atoms with E-state index in [1.54, 1.807) is 24.3 Å². The standard InChI is InChI=1S/C19H16ClN3O2/c1-13-2-4-14(5-3-13)12-23-18(24)11-10-17(22-23)19(25)21-16-8-6-15(20)7-9-16/h2-11H,12H2,1H3,(H,21,25). The molecule has 0 aliphatic rings. The summed E-state index contributed by atoms with van der Waals surface area (Å²) in [6, 6.07) is 17.3. The summed E-state index contributed by atoms with van der Waals surface area (Å²) in [5.41, 5.74) is 2.59. The van der Waals surface area contributed by atoms with Crippen LogP contribution in [-0.2, 0) is 6.54 Å². The molecule has 1 aromatic heterocycles. The van der Waals surface area contributed by atoms with E-state index in [0.29, 0.717) is 17.3 Å². The van der Waals surface area contributed by atoms with Crippen LogP contribution in [0.5, 0.6) is 0 Å². The molecule has 0 fully saturated rings. The lowest BCUT2D eigenvalue weighted by Gasteiger charge is -2.08. The first-order chi connectivity index (χ1) is 12.0. The number of aromatic nitrogens is 2. The van der Waals surface area contributed by atoms with Crippen molar-refractivity contribution in [2.75, 3.05) is 5.32 Å². The molecular formula is C19H16ClN3O2. The minimum absolute atomic E-state index is 0.168. The average molecular weight is 354 g/mol. The average Bonchev–Trinajstić information content (AvgIpc) is 2.60. The smallest absolute Gasteiger partial charge is 0.276 e. The van der Waals surface area contributed by atoms with Crippen LogP contribution >= 0.6 is 11.6 Å². The Balaban J connectivity index is 1.80. The fourth-order valence-corrected chi connectivity index (χ4v) is 2.40. The van der Waals surface area contributed by atoms with Crippen molar-refractivity contribution in [2.45, 2.75) is 13.5 Å². The van der Waals surface area contributed by atoms with Crippen LogP contribution < -0.4 is 10.9 Å². The van der Waals surface area contributed by atoms with Gasteiger partial charge in [-0.2, -0.15) is 5.10 Å². The molecule has 126 valence electrons. The zero-order valence-corrected chi connectivity index (χ0v) is 14.3. The lowest BCUT2D eigenvalue weighted by molar-refractivity contribution is 0.102. The van der Waals surface area contributed by atoms with Gasteiger partial charge in [0.2, 0.25) is 0 Å².